The second-order valence-electron chi connectivity index (χ2n) is 3.64. The molecule has 0 saturated carbocycles. The fourth-order valence-electron chi connectivity index (χ4n) is 1.75. The van der Waals surface area contributed by atoms with Crippen molar-refractivity contribution in [1.82, 2.24) is 0 Å². The summed E-state index contributed by atoms with van der Waals surface area (Å²) in [4.78, 5) is 11.1. The first-order valence-electron chi connectivity index (χ1n) is 5.23. The molecule has 1 atom stereocenters. The number of rotatable bonds is 3. The van der Waals surface area contributed by atoms with Crippen LogP contribution in [0.2, 0.25) is 0 Å². The van der Waals surface area contributed by atoms with Crippen molar-refractivity contribution in [2.75, 3.05) is 11.6 Å². The lowest BCUT2D eigenvalue weighted by atomic mass is 10.1. The predicted octanol–water partition coefficient (Wildman–Crippen LogP) is 2.35. The van der Waals surface area contributed by atoms with Crippen molar-refractivity contribution in [3.63, 3.8) is 0 Å². The van der Waals surface area contributed by atoms with Gasteiger partial charge in [-0.25, -0.2) is 9.80 Å². The molecule has 0 saturated heterocycles. The molecule has 0 amide bonds. The molecule has 5 heteroatoms. The van der Waals surface area contributed by atoms with Crippen molar-refractivity contribution in [1.29, 1.82) is 0 Å². The normalized spacial score (nSPS) is 19.1. The molecule has 1 aromatic carbocycles. The van der Waals surface area contributed by atoms with Crippen molar-refractivity contribution in [2.45, 2.75) is 19.4 Å². The number of para-hydroxylation sites is 1. The lowest BCUT2D eigenvalue weighted by Crippen LogP contribution is -2.29. The summed E-state index contributed by atoms with van der Waals surface area (Å²) < 4.78 is 0. The van der Waals surface area contributed by atoms with E-state index in [1.54, 1.807) is 23.2 Å². The van der Waals surface area contributed by atoms with Crippen LogP contribution >= 0.6 is 0 Å². The van der Waals surface area contributed by atoms with Crippen molar-refractivity contribution < 1.29 is 9.90 Å². The first-order valence-corrected chi connectivity index (χ1v) is 5.23. The largest absolute Gasteiger partial charge is 0.478 e. The van der Waals surface area contributed by atoms with Crippen molar-refractivity contribution >= 4 is 11.7 Å². The van der Waals surface area contributed by atoms with E-state index in [1.807, 2.05) is 13.0 Å². The number of hydrogen-bond donors (Lipinski definition) is 1. The van der Waals surface area contributed by atoms with Crippen LogP contribution in [0.15, 0.2) is 34.6 Å². The minimum absolute atomic E-state index is 0.167. The van der Waals surface area contributed by atoms with Crippen molar-refractivity contribution in [2.24, 2.45) is 10.3 Å². The van der Waals surface area contributed by atoms with Crippen molar-refractivity contribution in [3.05, 3.63) is 29.8 Å². The minimum Gasteiger partial charge on any atom is -0.478 e. The third-order valence-corrected chi connectivity index (χ3v) is 2.65. The number of anilines is 1. The molecule has 0 radical (unpaired) electrons. The van der Waals surface area contributed by atoms with Gasteiger partial charge in [-0.3, -0.25) is 0 Å². The third kappa shape index (κ3) is 1.76. The molecule has 0 spiro atoms. The van der Waals surface area contributed by atoms with Gasteiger partial charge < -0.3 is 5.11 Å². The zero-order valence-corrected chi connectivity index (χ0v) is 9.00. The minimum atomic E-state index is -0.937. The van der Waals surface area contributed by atoms with Gasteiger partial charge in [0.1, 0.15) is 0 Å². The van der Waals surface area contributed by atoms with Gasteiger partial charge in [0.25, 0.3) is 0 Å². The Kier molecular flexibility index (Phi) is 2.85. The van der Waals surface area contributed by atoms with E-state index in [0.717, 1.165) is 6.42 Å². The number of aromatic carboxylic acids is 1. The highest BCUT2D eigenvalue weighted by Gasteiger charge is 2.25. The number of hydrogen-bond acceptors (Lipinski definition) is 4. The summed E-state index contributed by atoms with van der Waals surface area (Å²) >= 11 is 0. The standard InChI is InChI=1S/C11H13N3O2/c1-2-8-7-12-13-14(8)10-6-4-3-5-9(10)11(15)16/h3-6,8H,2,7H2,1H3,(H,15,16). The number of carbonyl (C=O) groups is 1. The maximum absolute atomic E-state index is 11.1. The van der Waals surface area contributed by atoms with Gasteiger partial charge in [0.2, 0.25) is 0 Å². The van der Waals surface area contributed by atoms with Gasteiger partial charge in [-0.1, -0.05) is 24.3 Å². The summed E-state index contributed by atoms with van der Waals surface area (Å²) in [5.74, 6) is -0.937. The van der Waals surface area contributed by atoms with Gasteiger partial charge in [0.05, 0.1) is 23.8 Å². The maximum Gasteiger partial charge on any atom is 0.337 e. The molecule has 1 aliphatic heterocycles. The number of carboxylic acid groups (broad SMARTS) is 1. The third-order valence-electron chi connectivity index (χ3n) is 2.65. The molecule has 1 unspecified atom stereocenters. The molecule has 1 N–H and O–H groups in total. The molecule has 16 heavy (non-hydrogen) atoms. The van der Waals surface area contributed by atoms with E-state index < -0.39 is 5.97 Å². The first-order chi connectivity index (χ1) is 7.74. The molecule has 1 aromatic rings. The molecule has 2 rings (SSSR count). The molecule has 5 nitrogen and oxygen atoms in total. The Morgan fingerprint density at radius 1 is 1.56 bits per heavy atom. The zero-order valence-electron chi connectivity index (χ0n) is 9.00. The highest BCUT2D eigenvalue weighted by Crippen LogP contribution is 2.27. The van der Waals surface area contributed by atoms with Gasteiger partial charge >= 0.3 is 5.97 Å². The molecule has 1 heterocycles. The Morgan fingerprint density at radius 3 is 3.00 bits per heavy atom. The Balaban J connectivity index is 2.39. The lowest BCUT2D eigenvalue weighted by Gasteiger charge is -2.21. The SMILES string of the molecule is CCC1CN=NN1c1ccccc1C(=O)O. The van der Waals surface area contributed by atoms with E-state index in [-0.39, 0.29) is 11.6 Å². The van der Waals surface area contributed by atoms with Crippen LogP contribution in [-0.2, 0) is 0 Å². The van der Waals surface area contributed by atoms with E-state index in [9.17, 15) is 4.79 Å². The van der Waals surface area contributed by atoms with Crippen LogP contribution in [0.25, 0.3) is 0 Å². The van der Waals surface area contributed by atoms with Crippen LogP contribution in [0.4, 0.5) is 5.69 Å². The van der Waals surface area contributed by atoms with Gasteiger partial charge in [-0.05, 0) is 18.6 Å². The quantitative estimate of drug-likeness (QED) is 0.848. The topological polar surface area (TPSA) is 65.3 Å². The summed E-state index contributed by atoms with van der Waals surface area (Å²) in [6, 6.07) is 7.03. The molecule has 0 aliphatic carbocycles. The van der Waals surface area contributed by atoms with E-state index in [0.29, 0.717) is 12.2 Å². The monoisotopic (exact) mass is 219 g/mol. The summed E-state index contributed by atoms with van der Waals surface area (Å²) in [6.45, 7) is 2.67. The zero-order chi connectivity index (χ0) is 11.5. The van der Waals surface area contributed by atoms with Crippen LogP contribution in [0, 0.1) is 0 Å². The highest BCUT2D eigenvalue weighted by molar-refractivity contribution is 5.94. The Morgan fingerprint density at radius 2 is 2.31 bits per heavy atom. The van der Waals surface area contributed by atoms with Gasteiger partial charge in [0.15, 0.2) is 0 Å². The van der Waals surface area contributed by atoms with Crippen molar-refractivity contribution in [3.8, 4) is 0 Å². The summed E-state index contributed by atoms with van der Waals surface area (Å²) in [6.07, 6.45) is 0.890. The van der Waals surface area contributed by atoms with E-state index >= 15 is 0 Å². The van der Waals surface area contributed by atoms with Crippen LogP contribution < -0.4 is 5.01 Å². The summed E-state index contributed by atoms with van der Waals surface area (Å²) in [7, 11) is 0. The van der Waals surface area contributed by atoms with Gasteiger partial charge in [-0.2, -0.15) is 5.11 Å². The average Bonchev–Trinajstić information content (AvgIpc) is 2.76. The van der Waals surface area contributed by atoms with E-state index in [4.69, 9.17) is 5.11 Å². The van der Waals surface area contributed by atoms with Crippen LogP contribution in [0.3, 0.4) is 0 Å². The maximum atomic E-state index is 11.1. The first kappa shape index (κ1) is 10.6. The molecular weight excluding hydrogens is 206 g/mol. The Hall–Kier alpha value is -1.91. The molecule has 0 bridgehead atoms. The lowest BCUT2D eigenvalue weighted by molar-refractivity contribution is 0.0697. The molecule has 1 aliphatic rings. The fraction of sp³-hybridized carbons (Fsp3) is 0.364. The van der Waals surface area contributed by atoms with Crippen LogP contribution in [-0.4, -0.2) is 23.7 Å². The molecule has 0 fully saturated rings. The number of carboxylic acids is 1. The fourth-order valence-corrected chi connectivity index (χ4v) is 1.75. The van der Waals surface area contributed by atoms with Crippen LogP contribution in [0.5, 0.6) is 0 Å². The molecular formula is C11H13N3O2. The predicted molar refractivity (Wildman–Crippen MR) is 59.7 cm³/mol. The Bertz CT molecular complexity index is 431. The second kappa shape index (κ2) is 4.30. The summed E-state index contributed by atoms with van der Waals surface area (Å²) in [5, 5.41) is 18.7. The van der Waals surface area contributed by atoms with Gasteiger partial charge in [-0.15, -0.1) is 0 Å². The highest BCUT2D eigenvalue weighted by atomic mass is 16.4. The molecule has 84 valence electrons. The Labute approximate surface area is 93.4 Å². The average molecular weight is 219 g/mol. The van der Waals surface area contributed by atoms with E-state index in [2.05, 4.69) is 10.3 Å². The van der Waals surface area contributed by atoms with Gasteiger partial charge in [0, 0.05) is 0 Å². The second-order valence-corrected chi connectivity index (χ2v) is 3.64. The number of benzene rings is 1. The van der Waals surface area contributed by atoms with E-state index in [1.165, 1.54) is 0 Å². The summed E-state index contributed by atoms with van der Waals surface area (Å²) in [5.41, 5.74) is 0.880. The van der Waals surface area contributed by atoms with Crippen LogP contribution in [0.1, 0.15) is 23.7 Å². The molecule has 0 aromatic heterocycles. The smallest absolute Gasteiger partial charge is 0.337 e. The number of nitrogens with zero attached hydrogens (tertiary/aromatic N) is 3.